The smallest absolute Gasteiger partial charge is 0.362 e. The summed E-state index contributed by atoms with van der Waals surface area (Å²) in [7, 11) is 0. The van der Waals surface area contributed by atoms with Gasteiger partial charge in [0.2, 0.25) is 5.91 Å². The highest BCUT2D eigenvalue weighted by atomic mass is 19.4. The number of halogens is 3. The molecule has 0 saturated carbocycles. The molecule has 0 atom stereocenters. The van der Waals surface area contributed by atoms with Crippen LogP contribution in [-0.4, -0.2) is 53.3 Å². The zero-order chi connectivity index (χ0) is 19.7. The molecule has 2 aliphatic rings. The molecule has 0 unspecified atom stereocenters. The molecule has 0 aromatic heterocycles. The van der Waals surface area contributed by atoms with Crippen LogP contribution < -0.4 is 10.4 Å². The first-order chi connectivity index (χ1) is 12.7. The quantitative estimate of drug-likeness (QED) is 0.476. The number of carbonyl (C=O) groups excluding carboxylic acids is 2. The summed E-state index contributed by atoms with van der Waals surface area (Å²) in [6.45, 7) is 1.24. The van der Waals surface area contributed by atoms with E-state index >= 15 is 0 Å². The van der Waals surface area contributed by atoms with E-state index in [-0.39, 0.29) is 18.6 Å². The first kappa shape index (κ1) is 19.2. The van der Waals surface area contributed by atoms with Gasteiger partial charge in [-0.1, -0.05) is 18.2 Å². The van der Waals surface area contributed by atoms with Gasteiger partial charge in [0.25, 0.3) is 5.91 Å². The largest absolute Gasteiger partial charge is 0.397 e. The Kier molecular flexibility index (Phi) is 5.14. The molecular weight excluding hydrogens is 363 g/mol. The fourth-order valence-corrected chi connectivity index (χ4v) is 3.84. The molecule has 9 heteroatoms. The molecule has 6 nitrogen and oxygen atoms in total. The molecular formula is C18H20F3N3O3. The molecule has 2 amide bonds. The zero-order valence-corrected chi connectivity index (χ0v) is 14.5. The number of rotatable bonds is 4. The van der Waals surface area contributed by atoms with Gasteiger partial charge in [0.15, 0.2) is 0 Å². The van der Waals surface area contributed by atoms with Gasteiger partial charge in [0.05, 0.1) is 5.54 Å². The van der Waals surface area contributed by atoms with Crippen LogP contribution in [0.2, 0.25) is 0 Å². The topological polar surface area (TPSA) is 72.9 Å². The number of alkyl halides is 3. The second-order valence-corrected chi connectivity index (χ2v) is 6.89. The summed E-state index contributed by atoms with van der Waals surface area (Å²) in [6.07, 6.45) is -1.51. The molecule has 0 radical (unpaired) electrons. The highest BCUT2D eigenvalue weighted by Crippen LogP contribution is 2.42. The zero-order valence-electron chi connectivity index (χ0n) is 14.5. The van der Waals surface area contributed by atoms with E-state index in [1.54, 1.807) is 6.08 Å². The number of carbonyl (C=O) groups is 2. The summed E-state index contributed by atoms with van der Waals surface area (Å²) in [5.74, 6) is -1.55. The van der Waals surface area contributed by atoms with Crippen molar-refractivity contribution in [1.82, 2.24) is 10.4 Å². The number of hydroxylamine groups is 1. The van der Waals surface area contributed by atoms with Crippen molar-refractivity contribution in [2.75, 3.05) is 24.5 Å². The lowest BCUT2D eigenvalue weighted by molar-refractivity contribution is -0.166. The van der Waals surface area contributed by atoms with Crippen molar-refractivity contribution in [3.05, 3.63) is 35.9 Å². The number of para-hydroxylation sites is 1. The van der Waals surface area contributed by atoms with Crippen LogP contribution in [0, 0.1) is 0 Å². The van der Waals surface area contributed by atoms with Gasteiger partial charge >= 0.3 is 6.18 Å². The van der Waals surface area contributed by atoms with Crippen molar-refractivity contribution in [2.45, 2.75) is 31.0 Å². The number of anilines is 1. The summed E-state index contributed by atoms with van der Waals surface area (Å²) < 4.78 is 37.4. The van der Waals surface area contributed by atoms with E-state index in [2.05, 4.69) is 4.90 Å². The molecule has 3 rings (SSSR count). The average molecular weight is 383 g/mol. The summed E-state index contributed by atoms with van der Waals surface area (Å²) in [5, 5.41) is 8.61. The normalized spacial score (nSPS) is 18.8. The molecule has 2 aliphatic heterocycles. The predicted octanol–water partition coefficient (Wildman–Crippen LogP) is 2.34. The Morgan fingerprint density at radius 1 is 1.26 bits per heavy atom. The Labute approximate surface area is 154 Å². The molecule has 146 valence electrons. The van der Waals surface area contributed by atoms with Crippen LogP contribution in [-0.2, 0) is 9.59 Å². The monoisotopic (exact) mass is 383 g/mol. The minimum atomic E-state index is -4.50. The summed E-state index contributed by atoms with van der Waals surface area (Å²) in [4.78, 5) is 26.4. The highest BCUT2D eigenvalue weighted by Gasteiger charge is 2.53. The maximum absolute atomic E-state index is 12.5. The lowest BCUT2D eigenvalue weighted by atomic mass is 9.86. The van der Waals surface area contributed by atoms with Gasteiger partial charge in [0, 0.05) is 31.4 Å². The van der Waals surface area contributed by atoms with E-state index in [1.807, 2.05) is 24.3 Å². The van der Waals surface area contributed by atoms with Gasteiger partial charge in [-0.2, -0.15) is 13.2 Å². The number of nitrogens with zero attached hydrogens (tertiary/aromatic N) is 2. The van der Waals surface area contributed by atoms with E-state index in [9.17, 15) is 22.8 Å². The number of hydrogen-bond acceptors (Lipinski definition) is 4. The molecule has 1 aromatic rings. The van der Waals surface area contributed by atoms with Crippen LogP contribution >= 0.6 is 0 Å². The number of amides is 2. The van der Waals surface area contributed by atoms with Crippen LogP contribution in [0.25, 0.3) is 6.08 Å². The van der Waals surface area contributed by atoms with Crippen molar-refractivity contribution in [2.24, 2.45) is 0 Å². The van der Waals surface area contributed by atoms with E-state index in [0.717, 1.165) is 30.6 Å². The standard InChI is InChI=1S/C18H20F3N3O3/c19-18(20,21)10-16(26)23-11-17(12-23)8-3-9-24(17)14-5-2-1-4-13(14)6-7-15(25)22-27/h1-2,4-7,27H,3,8-12H2,(H,22,25)/b7-6+. The molecule has 1 spiro atoms. The maximum atomic E-state index is 12.5. The summed E-state index contributed by atoms with van der Waals surface area (Å²) >= 11 is 0. The Balaban J connectivity index is 1.76. The second kappa shape index (κ2) is 7.22. The fourth-order valence-electron chi connectivity index (χ4n) is 3.84. The van der Waals surface area contributed by atoms with Gasteiger partial charge in [-0.15, -0.1) is 0 Å². The second-order valence-electron chi connectivity index (χ2n) is 6.89. The first-order valence-electron chi connectivity index (χ1n) is 8.57. The minimum Gasteiger partial charge on any atom is -0.362 e. The van der Waals surface area contributed by atoms with Gasteiger partial charge < -0.3 is 9.80 Å². The Hall–Kier alpha value is -2.55. The lowest BCUT2D eigenvalue weighted by Gasteiger charge is -2.54. The predicted molar refractivity (Wildman–Crippen MR) is 92.0 cm³/mol. The minimum absolute atomic E-state index is 0.261. The van der Waals surface area contributed by atoms with Crippen molar-refractivity contribution >= 4 is 23.6 Å². The first-order valence-corrected chi connectivity index (χ1v) is 8.57. The molecule has 2 fully saturated rings. The molecule has 2 N–H and O–H groups in total. The van der Waals surface area contributed by atoms with Gasteiger partial charge in [-0.3, -0.25) is 14.8 Å². The SMILES string of the molecule is O=C(/C=C/c1ccccc1N1CCCC12CN(C(=O)CC(F)(F)F)C2)NO. The van der Waals surface area contributed by atoms with Gasteiger partial charge in [0.1, 0.15) is 6.42 Å². The molecule has 2 heterocycles. The molecule has 2 saturated heterocycles. The number of likely N-dealkylation sites (tertiary alicyclic amines) is 1. The van der Waals surface area contributed by atoms with Crippen molar-refractivity contribution < 1.29 is 28.0 Å². The average Bonchev–Trinajstić information content (AvgIpc) is 3.01. The Morgan fingerprint density at radius 2 is 1.96 bits per heavy atom. The third-order valence-corrected chi connectivity index (χ3v) is 5.02. The van der Waals surface area contributed by atoms with E-state index in [4.69, 9.17) is 5.21 Å². The molecule has 0 aliphatic carbocycles. The Bertz CT molecular complexity index is 758. The molecule has 1 aromatic carbocycles. The number of nitrogens with one attached hydrogen (secondary N) is 1. The highest BCUT2D eigenvalue weighted by molar-refractivity contribution is 5.92. The summed E-state index contributed by atoms with van der Waals surface area (Å²) in [5.41, 5.74) is 2.75. The van der Waals surface area contributed by atoms with Crippen LogP contribution in [0.15, 0.2) is 30.3 Å². The molecule has 0 bridgehead atoms. The van der Waals surface area contributed by atoms with Crippen molar-refractivity contribution in [3.8, 4) is 0 Å². The third-order valence-electron chi connectivity index (χ3n) is 5.02. The maximum Gasteiger partial charge on any atom is 0.397 e. The van der Waals surface area contributed by atoms with Crippen LogP contribution in [0.5, 0.6) is 0 Å². The molecule has 27 heavy (non-hydrogen) atoms. The van der Waals surface area contributed by atoms with Gasteiger partial charge in [-0.25, -0.2) is 5.48 Å². The van der Waals surface area contributed by atoms with Crippen LogP contribution in [0.4, 0.5) is 18.9 Å². The summed E-state index contributed by atoms with van der Waals surface area (Å²) in [6, 6.07) is 7.34. The third kappa shape index (κ3) is 4.08. The Morgan fingerprint density at radius 3 is 2.63 bits per heavy atom. The number of benzene rings is 1. The fraction of sp³-hybridized carbons (Fsp3) is 0.444. The van der Waals surface area contributed by atoms with Crippen molar-refractivity contribution in [3.63, 3.8) is 0 Å². The van der Waals surface area contributed by atoms with Crippen LogP contribution in [0.1, 0.15) is 24.8 Å². The van der Waals surface area contributed by atoms with Crippen LogP contribution in [0.3, 0.4) is 0 Å². The van der Waals surface area contributed by atoms with Gasteiger partial charge in [-0.05, 0) is 30.5 Å². The lowest BCUT2D eigenvalue weighted by Crippen LogP contribution is -2.69. The van der Waals surface area contributed by atoms with E-state index < -0.39 is 24.4 Å². The van der Waals surface area contributed by atoms with Crippen molar-refractivity contribution in [1.29, 1.82) is 0 Å². The van der Waals surface area contributed by atoms with E-state index in [1.165, 1.54) is 16.5 Å². The number of hydrogen-bond donors (Lipinski definition) is 2. The van der Waals surface area contributed by atoms with E-state index in [0.29, 0.717) is 0 Å².